The van der Waals surface area contributed by atoms with Gasteiger partial charge in [0.15, 0.2) is 6.23 Å². The Labute approximate surface area is 167 Å². The third-order valence-electron chi connectivity index (χ3n) is 5.07. The molecule has 0 amide bonds. The lowest BCUT2D eigenvalue weighted by Gasteiger charge is -2.30. The normalized spacial score (nSPS) is 12.0. The lowest BCUT2D eigenvalue weighted by Crippen LogP contribution is -2.36. The second-order valence-corrected chi connectivity index (χ2v) is 7.13. The minimum atomic E-state index is -0.355. The fourth-order valence-corrected chi connectivity index (χ4v) is 3.20. The van der Waals surface area contributed by atoms with Crippen LogP contribution in [0.5, 0.6) is 0 Å². The van der Waals surface area contributed by atoms with Crippen LogP contribution in [0, 0.1) is 13.8 Å². The first-order valence-electron chi connectivity index (χ1n) is 9.63. The smallest absolute Gasteiger partial charge is 0.339 e. The van der Waals surface area contributed by atoms with E-state index in [9.17, 15) is 4.79 Å². The van der Waals surface area contributed by atoms with Gasteiger partial charge in [0, 0.05) is 13.1 Å². The fraction of sp³-hybridized carbons (Fsp3) is 0.240. The van der Waals surface area contributed by atoms with E-state index in [-0.39, 0.29) is 12.2 Å². The molecule has 3 aromatic rings. The Morgan fingerprint density at radius 1 is 0.786 bits per heavy atom. The maximum absolute atomic E-state index is 12.5. The summed E-state index contributed by atoms with van der Waals surface area (Å²) in [5.41, 5.74) is 5.51. The Morgan fingerprint density at radius 2 is 1.25 bits per heavy atom. The first kappa shape index (κ1) is 19.8. The van der Waals surface area contributed by atoms with E-state index in [1.165, 1.54) is 22.3 Å². The molecule has 3 nitrogen and oxygen atoms in total. The van der Waals surface area contributed by atoms with Crippen molar-refractivity contribution in [3.63, 3.8) is 0 Å². The second-order valence-electron chi connectivity index (χ2n) is 7.13. The van der Waals surface area contributed by atoms with Crippen molar-refractivity contribution in [3.8, 4) is 0 Å². The van der Waals surface area contributed by atoms with Gasteiger partial charge in [0.25, 0.3) is 0 Å². The standard InChI is InChI=1S/C25H27NO2/c1-19-11-7-9-15-23(19)17-26(18-24-16-10-8-12-20(24)2)21(3)28-25(27)22-13-5-4-6-14-22/h4-16,21H,17-18H2,1-3H3. The van der Waals surface area contributed by atoms with Crippen LogP contribution in [-0.2, 0) is 17.8 Å². The summed E-state index contributed by atoms with van der Waals surface area (Å²) in [5.74, 6) is -0.298. The molecule has 0 aromatic heterocycles. The monoisotopic (exact) mass is 373 g/mol. The summed E-state index contributed by atoms with van der Waals surface area (Å²) in [5, 5.41) is 0. The Balaban J connectivity index is 1.81. The molecule has 0 aliphatic heterocycles. The zero-order valence-corrected chi connectivity index (χ0v) is 16.8. The number of carbonyl (C=O) groups is 1. The van der Waals surface area contributed by atoms with Gasteiger partial charge in [-0.2, -0.15) is 0 Å². The third-order valence-corrected chi connectivity index (χ3v) is 5.07. The molecule has 0 heterocycles. The highest BCUT2D eigenvalue weighted by Gasteiger charge is 2.20. The predicted octanol–water partition coefficient (Wildman–Crippen LogP) is 5.51. The number of hydrogen-bond donors (Lipinski definition) is 0. The number of aryl methyl sites for hydroxylation is 2. The highest BCUT2D eigenvalue weighted by Crippen LogP contribution is 2.19. The van der Waals surface area contributed by atoms with Crippen LogP contribution in [0.2, 0.25) is 0 Å². The van der Waals surface area contributed by atoms with Crippen molar-refractivity contribution in [2.24, 2.45) is 0 Å². The van der Waals surface area contributed by atoms with Crippen molar-refractivity contribution in [1.82, 2.24) is 4.90 Å². The third kappa shape index (κ3) is 5.08. The van der Waals surface area contributed by atoms with Crippen LogP contribution >= 0.6 is 0 Å². The van der Waals surface area contributed by atoms with Gasteiger partial charge in [-0.05, 0) is 55.2 Å². The molecule has 1 atom stereocenters. The lowest BCUT2D eigenvalue weighted by atomic mass is 10.1. The Morgan fingerprint density at radius 3 is 1.75 bits per heavy atom. The minimum absolute atomic E-state index is 0.298. The highest BCUT2D eigenvalue weighted by molar-refractivity contribution is 5.89. The van der Waals surface area contributed by atoms with Crippen LogP contribution in [0.4, 0.5) is 0 Å². The van der Waals surface area contributed by atoms with E-state index >= 15 is 0 Å². The molecule has 0 N–H and O–H groups in total. The molecule has 3 heteroatoms. The van der Waals surface area contributed by atoms with E-state index in [2.05, 4.69) is 55.1 Å². The van der Waals surface area contributed by atoms with Crippen LogP contribution in [0.15, 0.2) is 78.9 Å². The van der Waals surface area contributed by atoms with Gasteiger partial charge in [0.05, 0.1) is 5.56 Å². The summed E-state index contributed by atoms with van der Waals surface area (Å²) in [7, 11) is 0. The largest absolute Gasteiger partial charge is 0.443 e. The lowest BCUT2D eigenvalue weighted by molar-refractivity contribution is -0.0309. The van der Waals surface area contributed by atoms with Crippen molar-refractivity contribution in [2.75, 3.05) is 0 Å². The quantitative estimate of drug-likeness (QED) is 0.404. The average molecular weight is 373 g/mol. The summed E-state index contributed by atoms with van der Waals surface area (Å²) in [4.78, 5) is 14.7. The summed E-state index contributed by atoms with van der Waals surface area (Å²) in [6.45, 7) is 7.59. The molecule has 0 radical (unpaired) electrons. The van der Waals surface area contributed by atoms with Crippen molar-refractivity contribution in [3.05, 3.63) is 107 Å². The minimum Gasteiger partial charge on any atom is -0.443 e. The number of benzene rings is 3. The first-order valence-corrected chi connectivity index (χ1v) is 9.63. The summed E-state index contributed by atoms with van der Waals surface area (Å²) in [6, 6.07) is 25.8. The van der Waals surface area contributed by atoms with Gasteiger partial charge in [-0.1, -0.05) is 66.7 Å². The van der Waals surface area contributed by atoms with Crippen molar-refractivity contribution >= 4 is 5.97 Å². The van der Waals surface area contributed by atoms with E-state index in [1.54, 1.807) is 12.1 Å². The summed E-state index contributed by atoms with van der Waals surface area (Å²) in [6.07, 6.45) is -0.355. The fourth-order valence-electron chi connectivity index (χ4n) is 3.20. The molecule has 28 heavy (non-hydrogen) atoms. The number of esters is 1. The Hall–Kier alpha value is -2.91. The van der Waals surface area contributed by atoms with Crippen LogP contribution in [0.3, 0.4) is 0 Å². The topological polar surface area (TPSA) is 29.5 Å². The van der Waals surface area contributed by atoms with Gasteiger partial charge >= 0.3 is 5.97 Å². The molecule has 0 fully saturated rings. The zero-order chi connectivity index (χ0) is 19.9. The Kier molecular flexibility index (Phi) is 6.62. The van der Waals surface area contributed by atoms with Gasteiger partial charge in [-0.3, -0.25) is 4.90 Å². The molecule has 0 aliphatic carbocycles. The number of carbonyl (C=O) groups excluding carboxylic acids is 1. The molecule has 0 saturated heterocycles. The first-order chi connectivity index (χ1) is 13.5. The number of nitrogens with zero attached hydrogens (tertiary/aromatic N) is 1. The second kappa shape index (κ2) is 9.34. The SMILES string of the molecule is Cc1ccccc1CN(Cc1ccccc1C)C(C)OC(=O)c1ccccc1. The van der Waals surface area contributed by atoms with Crippen LogP contribution in [0.25, 0.3) is 0 Å². The van der Waals surface area contributed by atoms with Crippen LogP contribution in [0.1, 0.15) is 39.5 Å². The maximum atomic E-state index is 12.5. The van der Waals surface area contributed by atoms with E-state index in [4.69, 9.17) is 4.74 Å². The maximum Gasteiger partial charge on any atom is 0.339 e. The molecule has 0 spiro atoms. The zero-order valence-electron chi connectivity index (χ0n) is 16.8. The van der Waals surface area contributed by atoms with Crippen molar-refractivity contribution in [2.45, 2.75) is 40.1 Å². The molecule has 144 valence electrons. The van der Waals surface area contributed by atoms with Crippen molar-refractivity contribution < 1.29 is 9.53 Å². The van der Waals surface area contributed by atoms with Crippen LogP contribution < -0.4 is 0 Å². The van der Waals surface area contributed by atoms with E-state index in [0.717, 1.165) is 0 Å². The highest BCUT2D eigenvalue weighted by atomic mass is 16.6. The van der Waals surface area contributed by atoms with E-state index in [0.29, 0.717) is 18.7 Å². The molecular weight excluding hydrogens is 346 g/mol. The summed E-state index contributed by atoms with van der Waals surface area (Å²) >= 11 is 0. The Bertz CT molecular complexity index is 873. The van der Waals surface area contributed by atoms with Gasteiger partial charge in [-0.15, -0.1) is 0 Å². The molecule has 0 saturated carbocycles. The number of ether oxygens (including phenoxy) is 1. The van der Waals surface area contributed by atoms with Crippen LogP contribution in [-0.4, -0.2) is 17.1 Å². The predicted molar refractivity (Wildman–Crippen MR) is 113 cm³/mol. The van der Waals surface area contributed by atoms with Gasteiger partial charge in [0.1, 0.15) is 0 Å². The average Bonchev–Trinajstić information content (AvgIpc) is 2.71. The number of hydrogen-bond acceptors (Lipinski definition) is 3. The number of rotatable bonds is 7. The van der Waals surface area contributed by atoms with Gasteiger partial charge in [-0.25, -0.2) is 4.79 Å². The van der Waals surface area contributed by atoms with Crippen molar-refractivity contribution in [1.29, 1.82) is 0 Å². The molecule has 3 rings (SSSR count). The van der Waals surface area contributed by atoms with E-state index < -0.39 is 0 Å². The molecular formula is C25H27NO2. The molecule has 0 aliphatic rings. The summed E-state index contributed by atoms with van der Waals surface area (Å²) < 4.78 is 5.81. The van der Waals surface area contributed by atoms with E-state index in [1.807, 2.05) is 37.3 Å². The molecule has 1 unspecified atom stereocenters. The molecule has 3 aromatic carbocycles. The van der Waals surface area contributed by atoms with Gasteiger partial charge in [0.2, 0.25) is 0 Å². The van der Waals surface area contributed by atoms with Gasteiger partial charge < -0.3 is 4.74 Å². The molecule has 0 bridgehead atoms.